The minimum atomic E-state index is -3.21. The lowest BCUT2D eigenvalue weighted by atomic mass is 10.1. The van der Waals surface area contributed by atoms with Crippen LogP contribution in [0, 0.1) is 0 Å². The molecular weight excluding hydrogens is 278 g/mol. The van der Waals surface area contributed by atoms with E-state index < -0.39 is 15.6 Å². The first-order chi connectivity index (χ1) is 9.02. The number of rotatable bonds is 7. The molecule has 0 saturated heterocycles. The molecule has 0 unspecified atom stereocenters. The Kier molecular flexibility index (Phi) is 5.17. The van der Waals surface area contributed by atoms with Gasteiger partial charge in [-0.3, -0.25) is 0 Å². The SMILES string of the molecule is CN(C)c1ncc(CNCC(C)(C)NS(C)(=O)=O)n1C. The molecule has 1 rings (SSSR count). The third kappa shape index (κ3) is 5.10. The first-order valence-electron chi connectivity index (χ1n) is 6.39. The van der Waals surface area contributed by atoms with Crippen molar-refractivity contribution in [2.75, 3.05) is 31.8 Å². The van der Waals surface area contributed by atoms with Crippen LogP contribution in [0.15, 0.2) is 6.20 Å². The normalized spacial score (nSPS) is 12.7. The highest BCUT2D eigenvalue weighted by Crippen LogP contribution is 2.11. The zero-order valence-electron chi connectivity index (χ0n) is 13.1. The van der Waals surface area contributed by atoms with E-state index in [-0.39, 0.29) is 0 Å². The molecule has 0 atom stereocenters. The minimum Gasteiger partial charge on any atom is -0.348 e. The number of sulfonamides is 1. The summed E-state index contributed by atoms with van der Waals surface area (Å²) in [5.74, 6) is 0.885. The van der Waals surface area contributed by atoms with Crippen LogP contribution in [0.5, 0.6) is 0 Å². The van der Waals surface area contributed by atoms with Crippen molar-refractivity contribution in [3.05, 3.63) is 11.9 Å². The molecule has 8 heteroatoms. The topological polar surface area (TPSA) is 79.3 Å². The Balaban J connectivity index is 2.57. The summed E-state index contributed by atoms with van der Waals surface area (Å²) in [7, 11) is 2.64. The first-order valence-corrected chi connectivity index (χ1v) is 8.28. The molecule has 1 heterocycles. The third-order valence-corrected chi connectivity index (χ3v) is 3.72. The molecule has 2 N–H and O–H groups in total. The van der Waals surface area contributed by atoms with E-state index in [9.17, 15) is 8.42 Å². The molecule has 1 aromatic heterocycles. The second-order valence-electron chi connectivity index (χ2n) is 5.86. The average molecular weight is 303 g/mol. The third-order valence-electron chi connectivity index (χ3n) is 2.79. The van der Waals surface area contributed by atoms with Gasteiger partial charge in [0.25, 0.3) is 0 Å². The van der Waals surface area contributed by atoms with Crippen molar-refractivity contribution in [1.82, 2.24) is 19.6 Å². The number of imidazole rings is 1. The van der Waals surface area contributed by atoms with Gasteiger partial charge in [0.05, 0.1) is 18.1 Å². The summed E-state index contributed by atoms with van der Waals surface area (Å²) in [6.07, 6.45) is 2.98. The molecule has 7 nitrogen and oxygen atoms in total. The molecule has 0 aliphatic heterocycles. The second kappa shape index (κ2) is 6.11. The van der Waals surface area contributed by atoms with E-state index in [1.54, 1.807) is 0 Å². The van der Waals surface area contributed by atoms with Gasteiger partial charge >= 0.3 is 0 Å². The van der Waals surface area contributed by atoms with Crippen LogP contribution in [0.3, 0.4) is 0 Å². The summed E-state index contributed by atoms with van der Waals surface area (Å²) in [6, 6.07) is 0. The largest absolute Gasteiger partial charge is 0.348 e. The summed E-state index contributed by atoms with van der Waals surface area (Å²) in [5.41, 5.74) is 0.514. The molecule has 0 fully saturated rings. The highest BCUT2D eigenvalue weighted by molar-refractivity contribution is 7.88. The van der Waals surface area contributed by atoms with Crippen molar-refractivity contribution < 1.29 is 8.42 Å². The van der Waals surface area contributed by atoms with Gasteiger partial charge in [-0.25, -0.2) is 18.1 Å². The highest BCUT2D eigenvalue weighted by Gasteiger charge is 2.21. The predicted molar refractivity (Wildman–Crippen MR) is 81.3 cm³/mol. The van der Waals surface area contributed by atoms with Crippen LogP contribution in [0.2, 0.25) is 0 Å². The van der Waals surface area contributed by atoms with Crippen molar-refractivity contribution >= 4 is 16.0 Å². The maximum absolute atomic E-state index is 11.3. The summed E-state index contributed by atoms with van der Waals surface area (Å²) in [5, 5.41) is 3.25. The molecule has 0 saturated carbocycles. The Labute approximate surface area is 121 Å². The Morgan fingerprint density at radius 2 is 2.00 bits per heavy atom. The Hall–Kier alpha value is -1.12. The smallest absolute Gasteiger partial charge is 0.209 e. The van der Waals surface area contributed by atoms with E-state index in [1.165, 1.54) is 6.26 Å². The van der Waals surface area contributed by atoms with E-state index in [1.807, 2.05) is 50.7 Å². The van der Waals surface area contributed by atoms with Crippen LogP contribution in [-0.2, 0) is 23.6 Å². The number of hydrogen-bond acceptors (Lipinski definition) is 5. The van der Waals surface area contributed by atoms with E-state index in [0.29, 0.717) is 13.1 Å². The Morgan fingerprint density at radius 3 is 2.45 bits per heavy atom. The Morgan fingerprint density at radius 1 is 1.40 bits per heavy atom. The van der Waals surface area contributed by atoms with Gasteiger partial charge in [0.15, 0.2) is 0 Å². The number of nitrogens with zero attached hydrogens (tertiary/aromatic N) is 3. The molecule has 20 heavy (non-hydrogen) atoms. The van der Waals surface area contributed by atoms with E-state index in [0.717, 1.165) is 11.6 Å². The predicted octanol–water partition coefficient (Wildman–Crippen LogP) is -0.0965. The second-order valence-corrected chi connectivity index (χ2v) is 7.61. The maximum Gasteiger partial charge on any atom is 0.209 e. The van der Waals surface area contributed by atoms with Gasteiger partial charge in [-0.15, -0.1) is 0 Å². The molecule has 0 radical (unpaired) electrons. The maximum atomic E-state index is 11.3. The monoisotopic (exact) mass is 303 g/mol. The van der Waals surface area contributed by atoms with Gasteiger partial charge in [-0.05, 0) is 13.8 Å². The molecule has 0 aromatic carbocycles. The zero-order chi connectivity index (χ0) is 15.6. The molecule has 0 amide bonds. The molecule has 1 aromatic rings. The molecule has 0 spiro atoms. The van der Waals surface area contributed by atoms with Crippen LogP contribution in [0.25, 0.3) is 0 Å². The van der Waals surface area contributed by atoms with Gasteiger partial charge in [0.2, 0.25) is 16.0 Å². The van der Waals surface area contributed by atoms with Crippen LogP contribution in [-0.4, -0.2) is 50.4 Å². The number of anilines is 1. The van der Waals surface area contributed by atoms with Crippen LogP contribution in [0.1, 0.15) is 19.5 Å². The molecule has 0 aliphatic carbocycles. The van der Waals surface area contributed by atoms with Gasteiger partial charge < -0.3 is 14.8 Å². The average Bonchev–Trinajstić information content (AvgIpc) is 2.56. The fourth-order valence-electron chi connectivity index (χ4n) is 2.05. The van der Waals surface area contributed by atoms with Gasteiger partial charge in [0.1, 0.15) is 0 Å². The zero-order valence-corrected chi connectivity index (χ0v) is 13.9. The lowest BCUT2D eigenvalue weighted by Gasteiger charge is -2.25. The Bertz CT molecular complexity index is 548. The van der Waals surface area contributed by atoms with Crippen molar-refractivity contribution in [3.63, 3.8) is 0 Å². The van der Waals surface area contributed by atoms with Crippen molar-refractivity contribution in [2.45, 2.75) is 25.9 Å². The molecule has 0 bridgehead atoms. The lowest BCUT2D eigenvalue weighted by Crippen LogP contribution is -2.49. The van der Waals surface area contributed by atoms with Crippen LogP contribution < -0.4 is 14.9 Å². The van der Waals surface area contributed by atoms with Crippen LogP contribution >= 0.6 is 0 Å². The number of nitrogens with one attached hydrogen (secondary N) is 2. The molecule has 116 valence electrons. The first kappa shape index (κ1) is 16.9. The van der Waals surface area contributed by atoms with E-state index in [4.69, 9.17) is 0 Å². The minimum absolute atomic E-state index is 0.530. The fraction of sp³-hybridized carbons (Fsp3) is 0.750. The number of hydrogen-bond donors (Lipinski definition) is 2. The van der Waals surface area contributed by atoms with E-state index >= 15 is 0 Å². The quantitative estimate of drug-likeness (QED) is 0.735. The van der Waals surface area contributed by atoms with Gasteiger partial charge in [-0.2, -0.15) is 0 Å². The summed E-state index contributed by atoms with van der Waals surface area (Å²) in [4.78, 5) is 6.27. The lowest BCUT2D eigenvalue weighted by molar-refractivity contribution is 0.418. The van der Waals surface area contributed by atoms with E-state index in [2.05, 4.69) is 15.0 Å². The van der Waals surface area contributed by atoms with Crippen LogP contribution in [0.4, 0.5) is 5.95 Å². The highest BCUT2D eigenvalue weighted by atomic mass is 32.2. The number of aromatic nitrogens is 2. The fourth-order valence-corrected chi connectivity index (χ4v) is 3.13. The van der Waals surface area contributed by atoms with Crippen molar-refractivity contribution in [1.29, 1.82) is 0 Å². The van der Waals surface area contributed by atoms with Gasteiger partial charge in [0, 0.05) is 39.8 Å². The van der Waals surface area contributed by atoms with Crippen molar-refractivity contribution in [2.24, 2.45) is 7.05 Å². The summed E-state index contributed by atoms with van der Waals surface area (Å²) in [6.45, 7) is 4.85. The summed E-state index contributed by atoms with van der Waals surface area (Å²) >= 11 is 0. The van der Waals surface area contributed by atoms with Gasteiger partial charge in [-0.1, -0.05) is 0 Å². The summed E-state index contributed by atoms with van der Waals surface area (Å²) < 4.78 is 27.1. The molecular formula is C12H25N5O2S. The van der Waals surface area contributed by atoms with Crippen molar-refractivity contribution in [3.8, 4) is 0 Å². The molecule has 0 aliphatic rings. The standard InChI is InChI=1S/C12H25N5O2S/c1-12(2,15-20(6,18)19)9-13-7-10-8-14-11(16(3)4)17(10)5/h8,13,15H,7,9H2,1-6H3.